The van der Waals surface area contributed by atoms with Crippen LogP contribution in [0.1, 0.15) is 52.9 Å². The summed E-state index contributed by atoms with van der Waals surface area (Å²) in [5.41, 5.74) is 0.617. The summed E-state index contributed by atoms with van der Waals surface area (Å²) in [6.07, 6.45) is 6.05. The van der Waals surface area contributed by atoms with E-state index < -0.39 is 0 Å². The van der Waals surface area contributed by atoms with Crippen LogP contribution in [0.2, 0.25) is 0 Å². The minimum Gasteiger partial charge on any atom is -0.381 e. The number of hydrogen-bond acceptors (Lipinski definition) is 4. The average molecular weight is 314 g/mol. The predicted molar refractivity (Wildman–Crippen MR) is 87.2 cm³/mol. The first-order chi connectivity index (χ1) is 10.6. The van der Waals surface area contributed by atoms with Gasteiger partial charge in [0.1, 0.15) is 0 Å². The van der Waals surface area contributed by atoms with Crippen LogP contribution < -0.4 is 0 Å². The van der Waals surface area contributed by atoms with Gasteiger partial charge in [-0.3, -0.25) is 0 Å². The smallest absolute Gasteiger partial charge is 0.0570 e. The molecule has 0 aromatic heterocycles. The Bertz CT molecular complexity index is 299. The maximum absolute atomic E-state index is 6.01. The molecule has 1 unspecified atom stereocenters. The SMILES string of the molecule is CCC1(COCCCCC(C)OCC2(CC)COC2)COC1. The summed E-state index contributed by atoms with van der Waals surface area (Å²) >= 11 is 0. The quantitative estimate of drug-likeness (QED) is 0.517. The first-order valence-electron chi connectivity index (χ1n) is 8.98. The van der Waals surface area contributed by atoms with Crippen LogP contribution in [0.5, 0.6) is 0 Å². The summed E-state index contributed by atoms with van der Waals surface area (Å²) in [7, 11) is 0. The molecule has 2 rings (SSSR count). The van der Waals surface area contributed by atoms with Crippen molar-refractivity contribution in [1.82, 2.24) is 0 Å². The lowest BCUT2D eigenvalue weighted by Crippen LogP contribution is -2.46. The van der Waals surface area contributed by atoms with Crippen LogP contribution in [0.15, 0.2) is 0 Å². The molecule has 0 amide bonds. The Labute approximate surface area is 135 Å². The molecule has 130 valence electrons. The molecule has 4 heteroatoms. The maximum atomic E-state index is 6.01. The number of hydrogen-bond donors (Lipinski definition) is 0. The fourth-order valence-corrected chi connectivity index (χ4v) is 2.89. The molecule has 0 N–H and O–H groups in total. The molecule has 0 bridgehead atoms. The van der Waals surface area contributed by atoms with Gasteiger partial charge in [0.15, 0.2) is 0 Å². The lowest BCUT2D eigenvalue weighted by atomic mass is 9.84. The lowest BCUT2D eigenvalue weighted by Gasteiger charge is -2.41. The van der Waals surface area contributed by atoms with E-state index in [1.807, 2.05) is 0 Å². The van der Waals surface area contributed by atoms with Crippen LogP contribution in [-0.2, 0) is 18.9 Å². The fourth-order valence-electron chi connectivity index (χ4n) is 2.89. The van der Waals surface area contributed by atoms with E-state index in [1.54, 1.807) is 0 Å². The van der Waals surface area contributed by atoms with Gasteiger partial charge < -0.3 is 18.9 Å². The average Bonchev–Trinajstić information content (AvgIpc) is 2.44. The van der Waals surface area contributed by atoms with Crippen LogP contribution in [0.25, 0.3) is 0 Å². The zero-order chi connectivity index (χ0) is 15.9. The van der Waals surface area contributed by atoms with Crippen molar-refractivity contribution in [3.05, 3.63) is 0 Å². The van der Waals surface area contributed by atoms with Crippen LogP contribution in [0.3, 0.4) is 0 Å². The molecule has 1 atom stereocenters. The van der Waals surface area contributed by atoms with Crippen molar-refractivity contribution in [3.8, 4) is 0 Å². The highest BCUT2D eigenvalue weighted by atomic mass is 16.5. The van der Waals surface area contributed by atoms with Gasteiger partial charge in [0.25, 0.3) is 0 Å². The van der Waals surface area contributed by atoms with Crippen molar-refractivity contribution in [2.45, 2.75) is 59.0 Å². The van der Waals surface area contributed by atoms with E-state index in [1.165, 1.54) is 6.42 Å². The second-order valence-electron chi connectivity index (χ2n) is 7.36. The summed E-state index contributed by atoms with van der Waals surface area (Å²) < 4.78 is 22.5. The number of rotatable bonds is 12. The monoisotopic (exact) mass is 314 g/mol. The van der Waals surface area contributed by atoms with Crippen LogP contribution in [0.4, 0.5) is 0 Å². The summed E-state index contributed by atoms with van der Waals surface area (Å²) in [5.74, 6) is 0. The van der Waals surface area contributed by atoms with Crippen molar-refractivity contribution in [1.29, 1.82) is 0 Å². The van der Waals surface area contributed by atoms with Gasteiger partial charge in [-0.05, 0) is 39.0 Å². The Morgan fingerprint density at radius 2 is 1.50 bits per heavy atom. The topological polar surface area (TPSA) is 36.9 Å². The van der Waals surface area contributed by atoms with Crippen LogP contribution in [-0.4, -0.2) is 52.4 Å². The summed E-state index contributed by atoms with van der Waals surface area (Å²) in [5, 5.41) is 0. The zero-order valence-electron chi connectivity index (χ0n) is 14.7. The minimum atomic E-state index is 0.302. The van der Waals surface area contributed by atoms with E-state index in [0.717, 1.165) is 71.9 Å². The predicted octanol–water partition coefficient (Wildman–Crippen LogP) is 3.43. The number of ether oxygens (including phenoxy) is 4. The Morgan fingerprint density at radius 3 is 2.00 bits per heavy atom. The van der Waals surface area contributed by atoms with Crippen molar-refractivity contribution < 1.29 is 18.9 Å². The van der Waals surface area contributed by atoms with Gasteiger partial charge in [-0.15, -0.1) is 0 Å². The van der Waals surface area contributed by atoms with Gasteiger partial charge in [0.2, 0.25) is 0 Å². The molecular weight excluding hydrogens is 280 g/mol. The molecule has 0 aromatic rings. The first-order valence-corrected chi connectivity index (χ1v) is 8.98. The third-order valence-electron chi connectivity index (χ3n) is 5.36. The van der Waals surface area contributed by atoms with Crippen molar-refractivity contribution in [3.63, 3.8) is 0 Å². The van der Waals surface area contributed by atoms with E-state index >= 15 is 0 Å². The number of unbranched alkanes of at least 4 members (excludes halogenated alkanes) is 1. The molecule has 0 aromatic carbocycles. The van der Waals surface area contributed by atoms with E-state index in [2.05, 4.69) is 20.8 Å². The van der Waals surface area contributed by atoms with E-state index in [9.17, 15) is 0 Å². The molecule has 2 aliphatic heterocycles. The molecule has 0 saturated carbocycles. The molecule has 0 radical (unpaired) electrons. The third-order valence-corrected chi connectivity index (χ3v) is 5.36. The molecule has 4 nitrogen and oxygen atoms in total. The van der Waals surface area contributed by atoms with Gasteiger partial charge in [0, 0.05) is 17.4 Å². The zero-order valence-corrected chi connectivity index (χ0v) is 14.7. The molecule has 2 aliphatic rings. The second-order valence-corrected chi connectivity index (χ2v) is 7.36. The normalized spacial score (nSPS) is 23.6. The van der Waals surface area contributed by atoms with Crippen molar-refractivity contribution in [2.75, 3.05) is 46.2 Å². The van der Waals surface area contributed by atoms with Gasteiger partial charge in [-0.1, -0.05) is 13.8 Å². The van der Waals surface area contributed by atoms with Crippen molar-refractivity contribution in [2.24, 2.45) is 10.8 Å². The summed E-state index contributed by atoms with van der Waals surface area (Å²) in [4.78, 5) is 0. The van der Waals surface area contributed by atoms with Gasteiger partial charge in [-0.2, -0.15) is 0 Å². The summed E-state index contributed by atoms with van der Waals surface area (Å²) in [6.45, 7) is 12.7. The maximum Gasteiger partial charge on any atom is 0.0570 e. The second kappa shape index (κ2) is 8.62. The Kier molecular flexibility index (Phi) is 7.13. The Hall–Kier alpha value is -0.160. The van der Waals surface area contributed by atoms with Gasteiger partial charge in [-0.25, -0.2) is 0 Å². The first kappa shape index (κ1) is 18.2. The largest absolute Gasteiger partial charge is 0.381 e. The van der Waals surface area contributed by atoms with E-state index in [0.29, 0.717) is 16.9 Å². The van der Waals surface area contributed by atoms with E-state index in [-0.39, 0.29) is 0 Å². The van der Waals surface area contributed by atoms with Crippen LogP contribution >= 0.6 is 0 Å². The van der Waals surface area contributed by atoms with Crippen LogP contribution in [0, 0.1) is 10.8 Å². The van der Waals surface area contributed by atoms with E-state index in [4.69, 9.17) is 18.9 Å². The Morgan fingerprint density at radius 1 is 0.909 bits per heavy atom. The highest BCUT2D eigenvalue weighted by Gasteiger charge is 2.37. The van der Waals surface area contributed by atoms with Crippen molar-refractivity contribution >= 4 is 0 Å². The molecule has 2 fully saturated rings. The third kappa shape index (κ3) is 4.92. The van der Waals surface area contributed by atoms with Gasteiger partial charge in [0.05, 0.1) is 45.7 Å². The molecule has 22 heavy (non-hydrogen) atoms. The molecule has 0 aliphatic carbocycles. The highest BCUT2D eigenvalue weighted by molar-refractivity contribution is 4.84. The minimum absolute atomic E-state index is 0.302. The van der Waals surface area contributed by atoms with Gasteiger partial charge >= 0.3 is 0 Å². The Balaban J connectivity index is 1.44. The summed E-state index contributed by atoms with van der Waals surface area (Å²) in [6, 6.07) is 0. The molecular formula is C18H34O4. The fraction of sp³-hybridized carbons (Fsp3) is 1.00. The standard InChI is InChI=1S/C18H34O4/c1-4-17(11-20-12-17)10-19-9-7-6-8-16(3)22-15-18(5-2)13-21-14-18/h16H,4-15H2,1-3H3. The molecule has 0 spiro atoms. The molecule has 2 heterocycles. The highest BCUT2D eigenvalue weighted by Crippen LogP contribution is 2.32. The lowest BCUT2D eigenvalue weighted by molar-refractivity contribution is -0.159. The molecule has 2 saturated heterocycles.